The first kappa shape index (κ1) is 29.8. The third kappa shape index (κ3) is 4.28. The number of hydrogen-bond acceptors (Lipinski definition) is 3. The summed E-state index contributed by atoms with van der Waals surface area (Å²) in [6, 6.07) is 60.4. The molecule has 252 valence electrons. The third-order valence-corrected chi connectivity index (χ3v) is 11.1. The molecule has 0 unspecified atom stereocenters. The number of anilines is 3. The fourth-order valence-corrected chi connectivity index (χ4v) is 8.64. The van der Waals surface area contributed by atoms with Crippen LogP contribution in [0.25, 0.3) is 67.0 Å². The average Bonchev–Trinajstić information content (AvgIpc) is 3.91. The quantitative estimate of drug-likeness (QED) is 0.181. The molecule has 10 aromatic rings. The Balaban J connectivity index is 1.16. The smallest absolute Gasteiger partial charge is 0.232 e. The normalized spacial score (nSPS) is 13.2. The van der Waals surface area contributed by atoms with Crippen molar-refractivity contribution in [3.63, 3.8) is 0 Å². The Kier molecular flexibility index (Phi) is 6.23. The number of imidazole rings is 2. The van der Waals surface area contributed by atoms with Gasteiger partial charge in [-0.1, -0.05) is 123 Å². The van der Waals surface area contributed by atoms with Crippen molar-refractivity contribution < 1.29 is 4.42 Å². The minimum Gasteiger partial charge on any atom is -0.437 e. The maximum absolute atomic E-state index is 6.59. The van der Waals surface area contributed by atoms with E-state index in [1.807, 2.05) is 18.2 Å². The molecule has 11 rings (SSSR count). The maximum atomic E-state index is 6.59. The van der Waals surface area contributed by atoms with Crippen molar-refractivity contribution in [3.8, 4) is 27.9 Å². The summed E-state index contributed by atoms with van der Waals surface area (Å²) in [4.78, 5) is 7.76. The Morgan fingerprint density at radius 1 is 0.604 bits per heavy atom. The van der Waals surface area contributed by atoms with Gasteiger partial charge in [0.2, 0.25) is 11.5 Å². The maximum Gasteiger partial charge on any atom is 0.232 e. The van der Waals surface area contributed by atoms with E-state index < -0.39 is 0 Å². The molecule has 0 aliphatic heterocycles. The highest BCUT2D eigenvalue weighted by molar-refractivity contribution is 6.06. The van der Waals surface area contributed by atoms with Crippen molar-refractivity contribution in [1.82, 2.24) is 14.0 Å². The van der Waals surface area contributed by atoms with Gasteiger partial charge < -0.3 is 9.32 Å². The second kappa shape index (κ2) is 11.1. The SMILES string of the molecule is CC1(C)c2ccccc2-c2c(N(c3ccc(-c4ccccc4)cc3)c3ccc4c(c3)nc3n(-c5ccccc5)c5c6ccccc6oc5n43)cccc21. The highest BCUT2D eigenvalue weighted by Gasteiger charge is 2.37. The first-order valence-electron chi connectivity index (χ1n) is 18.1. The minimum atomic E-state index is -0.120. The molecule has 0 amide bonds. The van der Waals surface area contributed by atoms with Gasteiger partial charge in [0, 0.05) is 33.4 Å². The first-order valence-corrected chi connectivity index (χ1v) is 18.1. The van der Waals surface area contributed by atoms with E-state index in [9.17, 15) is 0 Å². The van der Waals surface area contributed by atoms with Crippen LogP contribution in [0.4, 0.5) is 17.1 Å². The summed E-state index contributed by atoms with van der Waals surface area (Å²) in [6.45, 7) is 4.67. The summed E-state index contributed by atoms with van der Waals surface area (Å²) in [7, 11) is 0. The molecule has 0 saturated heterocycles. The summed E-state index contributed by atoms with van der Waals surface area (Å²) in [5, 5.41) is 1.06. The Morgan fingerprint density at radius 2 is 1.28 bits per heavy atom. The summed E-state index contributed by atoms with van der Waals surface area (Å²) in [5.41, 5.74) is 16.3. The number of nitrogens with zero attached hydrogens (tertiary/aromatic N) is 4. The predicted octanol–water partition coefficient (Wildman–Crippen LogP) is 12.6. The van der Waals surface area contributed by atoms with E-state index in [0.717, 1.165) is 61.8 Å². The molecule has 1 aliphatic carbocycles. The molecule has 0 radical (unpaired) electrons. The van der Waals surface area contributed by atoms with E-state index in [-0.39, 0.29) is 5.41 Å². The number of aromatic nitrogens is 3. The molecule has 0 bridgehead atoms. The minimum absolute atomic E-state index is 0.120. The van der Waals surface area contributed by atoms with Crippen LogP contribution in [0.3, 0.4) is 0 Å². The summed E-state index contributed by atoms with van der Waals surface area (Å²) < 4.78 is 11.0. The zero-order chi connectivity index (χ0) is 35.3. The predicted molar refractivity (Wildman–Crippen MR) is 217 cm³/mol. The number of para-hydroxylation sites is 2. The van der Waals surface area contributed by atoms with Gasteiger partial charge in [0.15, 0.2) is 0 Å². The lowest BCUT2D eigenvalue weighted by Gasteiger charge is -2.29. The molecule has 0 atom stereocenters. The zero-order valence-electron chi connectivity index (χ0n) is 29.4. The standard InChI is InChI=1S/C48H34N4O/c1-48(2)38-20-11-9-18-36(38)44-39(48)21-13-22-42(44)50(34-26-24-32(25-27-34)31-14-5-3-6-15-31)35-28-29-41-40(30-35)49-47-51(33-16-7-4-8-17-33)45-37-19-10-12-23-43(37)53-46(45)52(41)47/h3-30H,1-2H3. The first-order chi connectivity index (χ1) is 26.1. The average molecular weight is 683 g/mol. The van der Waals surface area contributed by atoms with Gasteiger partial charge in [-0.05, 0) is 88.5 Å². The Bertz CT molecular complexity index is 3020. The van der Waals surface area contributed by atoms with Gasteiger partial charge in [-0.3, -0.25) is 4.57 Å². The van der Waals surface area contributed by atoms with E-state index in [2.05, 4.69) is 179 Å². The Morgan fingerprint density at radius 3 is 2.11 bits per heavy atom. The Labute approximate surface area is 306 Å². The van der Waals surface area contributed by atoms with Crippen molar-refractivity contribution in [2.24, 2.45) is 0 Å². The van der Waals surface area contributed by atoms with Crippen molar-refractivity contribution in [2.45, 2.75) is 19.3 Å². The molecule has 1 aliphatic rings. The lowest BCUT2D eigenvalue weighted by Crippen LogP contribution is -2.16. The molecular weight excluding hydrogens is 649 g/mol. The van der Waals surface area contributed by atoms with Crippen LogP contribution in [0.1, 0.15) is 25.0 Å². The van der Waals surface area contributed by atoms with Crippen LogP contribution in [0, 0.1) is 0 Å². The van der Waals surface area contributed by atoms with Gasteiger partial charge in [-0.15, -0.1) is 0 Å². The lowest BCUT2D eigenvalue weighted by atomic mass is 9.82. The van der Waals surface area contributed by atoms with Crippen LogP contribution in [0.5, 0.6) is 0 Å². The van der Waals surface area contributed by atoms with Gasteiger partial charge in [-0.25, -0.2) is 9.38 Å². The van der Waals surface area contributed by atoms with Gasteiger partial charge in [0.25, 0.3) is 0 Å². The molecule has 7 aromatic carbocycles. The number of fused-ring (bicyclic) bond motifs is 10. The number of rotatable bonds is 5. The van der Waals surface area contributed by atoms with Crippen LogP contribution < -0.4 is 4.90 Å². The molecule has 5 heteroatoms. The van der Waals surface area contributed by atoms with E-state index in [0.29, 0.717) is 0 Å². The van der Waals surface area contributed by atoms with Crippen molar-refractivity contribution in [3.05, 3.63) is 181 Å². The number of furan rings is 1. The highest BCUT2D eigenvalue weighted by atomic mass is 16.3. The number of hydrogen-bond donors (Lipinski definition) is 0. The zero-order valence-corrected chi connectivity index (χ0v) is 29.4. The third-order valence-electron chi connectivity index (χ3n) is 11.1. The van der Waals surface area contributed by atoms with Crippen LogP contribution in [0.15, 0.2) is 174 Å². The van der Waals surface area contributed by atoms with Gasteiger partial charge in [-0.2, -0.15) is 0 Å². The highest BCUT2D eigenvalue weighted by Crippen LogP contribution is 2.54. The summed E-state index contributed by atoms with van der Waals surface area (Å²) in [6.07, 6.45) is 0. The van der Waals surface area contributed by atoms with Crippen LogP contribution in [-0.2, 0) is 5.41 Å². The van der Waals surface area contributed by atoms with Crippen molar-refractivity contribution in [1.29, 1.82) is 0 Å². The topological polar surface area (TPSA) is 38.6 Å². The summed E-state index contributed by atoms with van der Waals surface area (Å²) >= 11 is 0. The molecule has 0 saturated carbocycles. The molecule has 0 fully saturated rings. The fraction of sp³-hybridized carbons (Fsp3) is 0.0625. The molecule has 53 heavy (non-hydrogen) atoms. The largest absolute Gasteiger partial charge is 0.437 e. The van der Waals surface area contributed by atoms with Crippen molar-refractivity contribution in [2.75, 3.05) is 4.90 Å². The van der Waals surface area contributed by atoms with Gasteiger partial charge in [0.1, 0.15) is 11.1 Å². The van der Waals surface area contributed by atoms with E-state index in [4.69, 9.17) is 9.40 Å². The van der Waals surface area contributed by atoms with Crippen LogP contribution in [0.2, 0.25) is 0 Å². The molecule has 5 nitrogen and oxygen atoms in total. The fourth-order valence-electron chi connectivity index (χ4n) is 8.64. The monoisotopic (exact) mass is 682 g/mol. The lowest BCUT2D eigenvalue weighted by molar-refractivity contribution is 0.651. The molecule has 3 aromatic heterocycles. The van der Waals surface area contributed by atoms with Crippen LogP contribution >= 0.6 is 0 Å². The number of benzene rings is 7. The molecular formula is C48H34N4O. The second-order valence-electron chi connectivity index (χ2n) is 14.5. The van der Waals surface area contributed by atoms with E-state index >= 15 is 0 Å². The van der Waals surface area contributed by atoms with Gasteiger partial charge >= 0.3 is 0 Å². The summed E-state index contributed by atoms with van der Waals surface area (Å²) in [5.74, 6) is 0.817. The van der Waals surface area contributed by atoms with E-state index in [1.165, 1.54) is 33.4 Å². The second-order valence-corrected chi connectivity index (χ2v) is 14.5. The molecule has 0 N–H and O–H groups in total. The van der Waals surface area contributed by atoms with Crippen LogP contribution in [-0.4, -0.2) is 14.0 Å². The molecule has 3 heterocycles. The Hall–Kier alpha value is -6.85. The van der Waals surface area contributed by atoms with E-state index in [1.54, 1.807) is 0 Å². The van der Waals surface area contributed by atoms with Gasteiger partial charge in [0.05, 0.1) is 16.7 Å². The van der Waals surface area contributed by atoms with Crippen molar-refractivity contribution >= 4 is 56.1 Å². The molecule has 0 spiro atoms.